The second kappa shape index (κ2) is 9.64. The fourth-order valence-electron chi connectivity index (χ4n) is 6.03. The van der Waals surface area contributed by atoms with Crippen LogP contribution in [0.1, 0.15) is 38.5 Å². The molecule has 0 saturated heterocycles. The summed E-state index contributed by atoms with van der Waals surface area (Å²) in [5.41, 5.74) is -0.964. The lowest BCUT2D eigenvalue weighted by molar-refractivity contribution is -0.446. The summed E-state index contributed by atoms with van der Waals surface area (Å²) < 4.78 is 198. The monoisotopic (exact) mass is 624 g/mol. The molecule has 1 N–H and O–H groups in total. The zero-order valence-electron chi connectivity index (χ0n) is 19.0. The molecule has 0 aliphatic heterocycles. The van der Waals surface area contributed by atoms with Crippen molar-refractivity contribution in [3.63, 3.8) is 0 Å². The molecule has 1 atom stereocenters. The molecule has 0 heterocycles. The predicted molar refractivity (Wildman–Crippen MR) is 98.6 cm³/mol. The Morgan fingerprint density at radius 2 is 1.08 bits per heavy atom. The largest absolute Gasteiger partial charge is 0.462 e. The van der Waals surface area contributed by atoms with Gasteiger partial charge in [-0.15, -0.1) is 4.33 Å². The van der Waals surface area contributed by atoms with Crippen LogP contribution in [-0.2, 0) is 18.9 Å². The maximum Gasteiger partial charge on any atom is 0.460 e. The minimum atomic E-state index is -8.36. The Kier molecular flexibility index (Phi) is 7.97. The number of rotatable bonds is 11. The maximum absolute atomic E-state index is 15.2. The number of hydrogen-bond donors (Lipinski definition) is 1. The van der Waals surface area contributed by atoms with Crippen LogP contribution >= 0.6 is 12.0 Å². The lowest BCUT2D eigenvalue weighted by Gasteiger charge is -2.56. The second-order valence-corrected chi connectivity index (χ2v) is 11.0. The van der Waals surface area contributed by atoms with Gasteiger partial charge in [-0.1, -0.05) is 5.04 Å². The quantitative estimate of drug-likeness (QED) is 0.0862. The van der Waals surface area contributed by atoms with E-state index in [0.717, 1.165) is 19.3 Å². The van der Waals surface area contributed by atoms with Gasteiger partial charge in [-0.2, -0.15) is 57.1 Å². The van der Waals surface area contributed by atoms with Gasteiger partial charge in [0.15, 0.2) is 0 Å². The molecular weight excluding hydrogens is 606 g/mol. The highest BCUT2D eigenvalue weighted by atomic mass is 32.2. The van der Waals surface area contributed by atoms with Crippen LogP contribution in [0, 0.1) is 23.2 Å². The fourth-order valence-corrected chi connectivity index (χ4v) is 6.51. The number of hydrogen-bond acceptors (Lipinski definition) is 6. The Hall–Kier alpha value is -1.28. The average molecular weight is 624 g/mol. The Balaban J connectivity index is 1.94. The van der Waals surface area contributed by atoms with Gasteiger partial charge in [0.1, 0.15) is 0 Å². The third-order valence-corrected chi connectivity index (χ3v) is 8.24. The summed E-state index contributed by atoms with van der Waals surface area (Å²) in [6.45, 7) is -0.943. The molecule has 20 heteroatoms. The lowest BCUT2D eigenvalue weighted by atomic mass is 9.50. The summed E-state index contributed by atoms with van der Waals surface area (Å²) in [6.07, 6.45) is -4.40. The van der Waals surface area contributed by atoms with Crippen molar-refractivity contribution < 1.29 is 85.6 Å². The molecule has 0 aromatic rings. The minimum Gasteiger partial charge on any atom is -0.462 e. The molecule has 4 aliphatic rings. The first kappa shape index (κ1) is 32.2. The first-order valence-corrected chi connectivity index (χ1v) is 11.6. The summed E-state index contributed by atoms with van der Waals surface area (Å²) >= 11 is -2.01. The van der Waals surface area contributed by atoms with Gasteiger partial charge in [-0.25, -0.2) is 14.4 Å². The van der Waals surface area contributed by atoms with Crippen LogP contribution in [0.15, 0.2) is 0 Å². The summed E-state index contributed by atoms with van der Waals surface area (Å²) in [5, 5.41) is 4.66. The van der Waals surface area contributed by atoms with Crippen LogP contribution in [0.3, 0.4) is 0 Å². The van der Waals surface area contributed by atoms with Crippen molar-refractivity contribution in [3.05, 3.63) is 0 Å². The zero-order valence-corrected chi connectivity index (χ0v) is 19.8. The molecule has 0 spiro atoms. The van der Waals surface area contributed by atoms with E-state index in [1.807, 2.05) is 0 Å². The van der Waals surface area contributed by atoms with E-state index in [4.69, 9.17) is 5.26 Å². The number of halogens is 14. The topological polar surface area (TPSA) is 65.0 Å². The number of carbonyl (C=O) groups excluding carboxylic acids is 1. The van der Waals surface area contributed by atoms with E-state index in [1.54, 1.807) is 0 Å². The van der Waals surface area contributed by atoms with Crippen molar-refractivity contribution in [1.82, 2.24) is 0 Å². The van der Waals surface area contributed by atoms with Gasteiger partial charge in [0, 0.05) is 5.41 Å². The molecule has 1 unspecified atom stereocenters. The van der Waals surface area contributed by atoms with Crippen LogP contribution in [-0.4, -0.2) is 58.6 Å². The van der Waals surface area contributed by atoms with Crippen molar-refractivity contribution in [2.75, 3.05) is 6.61 Å². The SMILES string of the molecule is O=C(OCC12CC3CC(CC(C3)C1)C2)C(F)(SOOO)C(F)(F)C(F)(F)C(F)(F)C(F)(F)C(F)(F)C(F)(F)F. The minimum absolute atomic E-state index is 0.0904. The Morgan fingerprint density at radius 1 is 0.692 bits per heavy atom. The molecule has 0 aromatic heterocycles. The van der Waals surface area contributed by atoms with Gasteiger partial charge in [0.25, 0.3) is 0 Å². The number of esters is 1. The molecule has 4 saturated carbocycles. The Labute approximate surface area is 213 Å². The van der Waals surface area contributed by atoms with Crippen molar-refractivity contribution in [2.24, 2.45) is 23.2 Å². The predicted octanol–water partition coefficient (Wildman–Crippen LogP) is 7.22. The summed E-state index contributed by atoms with van der Waals surface area (Å²) in [5.74, 6) is -43.3. The van der Waals surface area contributed by atoms with Crippen molar-refractivity contribution >= 4 is 18.0 Å². The Bertz CT molecular complexity index is 907. The van der Waals surface area contributed by atoms with Crippen LogP contribution in [0.25, 0.3) is 0 Å². The van der Waals surface area contributed by atoms with Crippen LogP contribution in [0.5, 0.6) is 0 Å². The highest BCUT2D eigenvalue weighted by Gasteiger charge is 2.94. The van der Waals surface area contributed by atoms with E-state index < -0.39 is 70.8 Å². The van der Waals surface area contributed by atoms with E-state index in [1.165, 1.54) is 0 Å². The first-order valence-electron chi connectivity index (χ1n) is 10.9. The molecule has 0 radical (unpaired) electrons. The highest BCUT2D eigenvalue weighted by molar-refractivity contribution is 7.96. The normalized spacial score (nSPS) is 29.9. The number of carbonyl (C=O) groups is 1. The third-order valence-electron chi connectivity index (χ3n) is 7.45. The van der Waals surface area contributed by atoms with Gasteiger partial charge in [-0.05, 0) is 56.3 Å². The van der Waals surface area contributed by atoms with Crippen molar-refractivity contribution in [3.8, 4) is 0 Å². The van der Waals surface area contributed by atoms with Gasteiger partial charge >= 0.3 is 46.8 Å². The fraction of sp³-hybridized carbons (Fsp3) is 0.947. The zero-order chi connectivity index (χ0) is 30.1. The Morgan fingerprint density at radius 3 is 1.46 bits per heavy atom. The molecular formula is C19H18F14O5S. The molecule has 4 bridgehead atoms. The average Bonchev–Trinajstić information content (AvgIpc) is 2.78. The van der Waals surface area contributed by atoms with E-state index in [9.17, 15) is 61.9 Å². The molecule has 228 valence electrons. The maximum atomic E-state index is 15.2. The van der Waals surface area contributed by atoms with Crippen molar-refractivity contribution in [1.29, 1.82) is 0 Å². The van der Waals surface area contributed by atoms with Gasteiger partial charge in [-0.3, -0.25) is 0 Å². The smallest absolute Gasteiger partial charge is 0.460 e. The van der Waals surface area contributed by atoms with E-state index in [-0.39, 0.29) is 17.8 Å². The molecule has 4 rings (SSSR count). The van der Waals surface area contributed by atoms with Crippen LogP contribution in [0.2, 0.25) is 0 Å². The van der Waals surface area contributed by atoms with E-state index >= 15 is 4.39 Å². The van der Waals surface area contributed by atoms with Crippen LogP contribution < -0.4 is 0 Å². The molecule has 39 heavy (non-hydrogen) atoms. The number of ether oxygens (including phenoxy) is 1. The van der Waals surface area contributed by atoms with Crippen LogP contribution in [0.4, 0.5) is 61.5 Å². The molecule has 4 fully saturated rings. The van der Waals surface area contributed by atoms with Crippen molar-refractivity contribution in [2.45, 2.75) is 79.3 Å². The van der Waals surface area contributed by atoms with Gasteiger partial charge in [0.2, 0.25) is 0 Å². The summed E-state index contributed by atoms with van der Waals surface area (Å²) in [4.78, 5) is 12.3. The molecule has 5 nitrogen and oxygen atoms in total. The molecule has 0 aromatic carbocycles. The summed E-state index contributed by atoms with van der Waals surface area (Å²) in [6, 6.07) is 0. The highest BCUT2D eigenvalue weighted by Crippen LogP contribution is 2.64. The van der Waals surface area contributed by atoms with Gasteiger partial charge < -0.3 is 4.74 Å². The van der Waals surface area contributed by atoms with E-state index in [2.05, 4.69) is 14.1 Å². The lowest BCUT2D eigenvalue weighted by Crippen LogP contribution is -2.73. The summed E-state index contributed by atoms with van der Waals surface area (Å²) in [7, 11) is 0. The van der Waals surface area contributed by atoms with E-state index in [0.29, 0.717) is 19.3 Å². The molecule has 0 amide bonds. The number of alkyl halides is 14. The second-order valence-electron chi connectivity index (χ2n) is 10.2. The molecule has 4 aliphatic carbocycles. The van der Waals surface area contributed by atoms with Gasteiger partial charge in [0.05, 0.1) is 18.6 Å². The third kappa shape index (κ3) is 4.73. The first-order chi connectivity index (χ1) is 17.4. The standard InChI is InChI=1S/C19H18F14O5S/c20-13(39-38-37-35,11(34)36-7-12-4-8-1-9(5-12)3-10(2-8)6-12)14(21,22)15(23,24)16(25,26)17(27,28)18(29,30)19(31,32)33/h8-10,35H,1-7H2.